The Morgan fingerprint density at radius 2 is 1.96 bits per heavy atom. The lowest BCUT2D eigenvalue weighted by Crippen LogP contribution is -2.49. The van der Waals surface area contributed by atoms with Crippen molar-refractivity contribution < 1.29 is 14.3 Å². The van der Waals surface area contributed by atoms with Crippen molar-refractivity contribution in [3.63, 3.8) is 0 Å². The minimum absolute atomic E-state index is 0.0133. The van der Waals surface area contributed by atoms with E-state index in [9.17, 15) is 4.79 Å². The summed E-state index contributed by atoms with van der Waals surface area (Å²) in [6.07, 6.45) is 0.813. The first-order valence-corrected chi connectivity index (χ1v) is 10.0. The van der Waals surface area contributed by atoms with Gasteiger partial charge < -0.3 is 14.4 Å². The maximum absolute atomic E-state index is 13.0. The summed E-state index contributed by atoms with van der Waals surface area (Å²) in [5, 5.41) is 5.18. The van der Waals surface area contributed by atoms with Crippen LogP contribution in [0.4, 0.5) is 0 Å². The maximum atomic E-state index is 13.0. The van der Waals surface area contributed by atoms with E-state index in [4.69, 9.17) is 21.1 Å². The van der Waals surface area contributed by atoms with Crippen LogP contribution in [-0.4, -0.2) is 71.4 Å². The zero-order valence-electron chi connectivity index (χ0n) is 16.1. The average Bonchev–Trinajstić information content (AvgIpc) is 3.06. The number of fused-ring (bicyclic) bond motifs is 1. The first-order valence-electron chi connectivity index (χ1n) is 9.64. The zero-order valence-corrected chi connectivity index (χ0v) is 16.8. The quantitative estimate of drug-likeness (QED) is 0.762. The highest BCUT2D eigenvalue weighted by Gasteiger charge is 2.29. The summed E-state index contributed by atoms with van der Waals surface area (Å²) in [7, 11) is 1.90. The summed E-state index contributed by atoms with van der Waals surface area (Å²) in [6, 6.07) is 7.39. The first kappa shape index (κ1) is 19.2. The predicted molar refractivity (Wildman–Crippen MR) is 106 cm³/mol. The number of carbonyl (C=O) groups is 1. The molecule has 0 aliphatic carbocycles. The van der Waals surface area contributed by atoms with Crippen molar-refractivity contribution in [1.82, 2.24) is 19.6 Å². The number of hydrogen-bond acceptors (Lipinski definition) is 5. The summed E-state index contributed by atoms with van der Waals surface area (Å²) in [5.74, 6) is 0.833. The number of rotatable bonds is 5. The third-order valence-electron chi connectivity index (χ3n) is 5.36. The van der Waals surface area contributed by atoms with Crippen LogP contribution in [-0.2, 0) is 24.8 Å². The number of ether oxygens (including phenoxy) is 2. The Bertz CT molecular complexity index is 829. The second kappa shape index (κ2) is 8.51. The van der Waals surface area contributed by atoms with Crippen LogP contribution in [0.25, 0.3) is 0 Å². The largest absolute Gasteiger partial charge is 0.492 e. The molecule has 28 heavy (non-hydrogen) atoms. The second-order valence-electron chi connectivity index (χ2n) is 7.14. The molecule has 0 unspecified atom stereocenters. The number of halogens is 1. The number of carbonyl (C=O) groups excluding carboxylic acids is 1. The highest BCUT2D eigenvalue weighted by molar-refractivity contribution is 6.30. The summed E-state index contributed by atoms with van der Waals surface area (Å²) in [6.45, 7) is 5.68. The Balaban J connectivity index is 1.27. The van der Waals surface area contributed by atoms with Gasteiger partial charge in [0.1, 0.15) is 12.4 Å². The van der Waals surface area contributed by atoms with Gasteiger partial charge in [0.15, 0.2) is 5.69 Å². The Kier molecular flexibility index (Phi) is 5.85. The Labute approximate surface area is 169 Å². The van der Waals surface area contributed by atoms with E-state index in [1.807, 2.05) is 40.9 Å². The van der Waals surface area contributed by atoms with Gasteiger partial charge >= 0.3 is 0 Å². The average molecular weight is 405 g/mol. The molecule has 0 N–H and O–H groups in total. The predicted octanol–water partition coefficient (Wildman–Crippen LogP) is 1.98. The van der Waals surface area contributed by atoms with Crippen molar-refractivity contribution in [2.45, 2.75) is 13.0 Å². The molecule has 2 aliphatic heterocycles. The van der Waals surface area contributed by atoms with E-state index in [1.54, 1.807) is 0 Å². The molecule has 0 bridgehead atoms. The maximum Gasteiger partial charge on any atom is 0.274 e. The summed E-state index contributed by atoms with van der Waals surface area (Å²) in [4.78, 5) is 17.2. The van der Waals surface area contributed by atoms with Crippen LogP contribution < -0.4 is 4.74 Å². The van der Waals surface area contributed by atoms with Crippen molar-refractivity contribution in [2.75, 3.05) is 45.9 Å². The molecule has 3 heterocycles. The molecule has 1 fully saturated rings. The number of hydrogen-bond donors (Lipinski definition) is 0. The molecule has 0 radical (unpaired) electrons. The van der Waals surface area contributed by atoms with Crippen molar-refractivity contribution >= 4 is 17.5 Å². The van der Waals surface area contributed by atoms with E-state index in [-0.39, 0.29) is 5.91 Å². The lowest BCUT2D eigenvalue weighted by Gasteiger charge is -2.34. The molecule has 1 aromatic carbocycles. The van der Waals surface area contributed by atoms with Gasteiger partial charge in [0.05, 0.1) is 13.2 Å². The number of aryl methyl sites for hydroxylation is 1. The molecular weight excluding hydrogens is 380 g/mol. The monoisotopic (exact) mass is 404 g/mol. The van der Waals surface area contributed by atoms with Crippen LogP contribution >= 0.6 is 11.6 Å². The van der Waals surface area contributed by atoms with Gasteiger partial charge in [-0.3, -0.25) is 14.4 Å². The molecule has 7 nitrogen and oxygen atoms in total. The Morgan fingerprint density at radius 3 is 2.71 bits per heavy atom. The first-order chi connectivity index (χ1) is 13.6. The third-order valence-corrected chi connectivity index (χ3v) is 5.61. The highest BCUT2D eigenvalue weighted by atomic mass is 35.5. The van der Waals surface area contributed by atoms with E-state index < -0.39 is 0 Å². The smallest absolute Gasteiger partial charge is 0.274 e. The molecule has 150 valence electrons. The van der Waals surface area contributed by atoms with Crippen molar-refractivity contribution in [2.24, 2.45) is 7.05 Å². The molecule has 8 heteroatoms. The van der Waals surface area contributed by atoms with Gasteiger partial charge in [-0.2, -0.15) is 5.10 Å². The summed E-state index contributed by atoms with van der Waals surface area (Å²) >= 11 is 5.88. The molecule has 1 saturated heterocycles. The van der Waals surface area contributed by atoms with Gasteiger partial charge in [0.25, 0.3) is 5.91 Å². The number of nitrogens with zero attached hydrogens (tertiary/aromatic N) is 4. The van der Waals surface area contributed by atoms with E-state index >= 15 is 0 Å². The molecule has 0 saturated carbocycles. The van der Waals surface area contributed by atoms with E-state index in [0.717, 1.165) is 43.1 Å². The summed E-state index contributed by atoms with van der Waals surface area (Å²) < 4.78 is 13.1. The van der Waals surface area contributed by atoms with Crippen molar-refractivity contribution in [3.05, 3.63) is 46.2 Å². The fraction of sp³-hybridized carbons (Fsp3) is 0.500. The normalized spacial score (nSPS) is 17.4. The molecule has 0 atom stereocenters. The van der Waals surface area contributed by atoms with Crippen LogP contribution in [0, 0.1) is 0 Å². The SMILES string of the molecule is Cn1nc(C(=O)N2CCN(CCOc3ccc(Cl)cc3)CC2)c2c1CCOC2. The van der Waals surface area contributed by atoms with E-state index in [0.29, 0.717) is 43.6 Å². The van der Waals surface area contributed by atoms with Gasteiger partial charge in [-0.05, 0) is 24.3 Å². The minimum Gasteiger partial charge on any atom is -0.492 e. The molecule has 1 aromatic heterocycles. The number of benzene rings is 1. The molecule has 2 aromatic rings. The van der Waals surface area contributed by atoms with Crippen LogP contribution in [0.2, 0.25) is 5.02 Å². The number of aromatic nitrogens is 2. The van der Waals surface area contributed by atoms with Gasteiger partial charge in [0, 0.05) is 62.5 Å². The lowest BCUT2D eigenvalue weighted by molar-refractivity contribution is 0.0605. The zero-order chi connectivity index (χ0) is 19.5. The Hall–Kier alpha value is -2.09. The van der Waals surface area contributed by atoms with Crippen molar-refractivity contribution in [1.29, 1.82) is 0 Å². The van der Waals surface area contributed by atoms with Gasteiger partial charge in [-0.1, -0.05) is 11.6 Å². The molecule has 1 amide bonds. The van der Waals surface area contributed by atoms with Crippen LogP contribution in [0.15, 0.2) is 24.3 Å². The minimum atomic E-state index is 0.0133. The van der Waals surface area contributed by atoms with E-state index in [2.05, 4.69) is 10.00 Å². The lowest BCUT2D eigenvalue weighted by atomic mass is 10.1. The van der Waals surface area contributed by atoms with Crippen LogP contribution in [0.5, 0.6) is 5.75 Å². The van der Waals surface area contributed by atoms with Gasteiger partial charge in [0.2, 0.25) is 0 Å². The Morgan fingerprint density at radius 1 is 1.21 bits per heavy atom. The summed E-state index contributed by atoms with van der Waals surface area (Å²) in [5.41, 5.74) is 2.63. The number of amides is 1. The molecule has 4 rings (SSSR count). The van der Waals surface area contributed by atoms with Gasteiger partial charge in [-0.15, -0.1) is 0 Å². The molecular formula is C20H25ClN4O3. The topological polar surface area (TPSA) is 59.8 Å². The van der Waals surface area contributed by atoms with Gasteiger partial charge in [-0.25, -0.2) is 0 Å². The van der Waals surface area contributed by atoms with Crippen molar-refractivity contribution in [3.8, 4) is 5.75 Å². The number of piperazine rings is 1. The fourth-order valence-electron chi connectivity index (χ4n) is 3.73. The van der Waals surface area contributed by atoms with Crippen LogP contribution in [0.3, 0.4) is 0 Å². The standard InChI is InChI=1S/C20H25ClN4O3/c1-23-18-6-12-27-14-17(18)19(22-23)20(26)25-9-7-24(8-10-25)11-13-28-16-4-2-15(21)3-5-16/h2-5H,6-14H2,1H3. The molecule has 0 spiro atoms. The third kappa shape index (κ3) is 4.16. The van der Waals surface area contributed by atoms with E-state index in [1.165, 1.54) is 0 Å². The van der Waals surface area contributed by atoms with Crippen LogP contribution in [0.1, 0.15) is 21.7 Å². The molecule has 2 aliphatic rings. The highest BCUT2D eigenvalue weighted by Crippen LogP contribution is 2.22. The second-order valence-corrected chi connectivity index (χ2v) is 7.57. The fourth-order valence-corrected chi connectivity index (χ4v) is 3.86.